The molecule has 0 amide bonds. The lowest BCUT2D eigenvalue weighted by molar-refractivity contribution is -0.117. The van der Waals surface area contributed by atoms with Crippen LogP contribution in [0.3, 0.4) is 0 Å². The van der Waals surface area contributed by atoms with Crippen molar-refractivity contribution in [2.24, 2.45) is 0 Å². The summed E-state index contributed by atoms with van der Waals surface area (Å²) in [7, 11) is 1.54. The number of hydrogen-bond acceptors (Lipinski definition) is 7. The van der Waals surface area contributed by atoms with Crippen LogP contribution in [0.1, 0.15) is 21.3 Å². The Morgan fingerprint density at radius 3 is 2.38 bits per heavy atom. The highest BCUT2D eigenvalue weighted by atomic mass is 35.7. The number of carbonyl (C=O) groups is 1. The number of benzene rings is 1. The van der Waals surface area contributed by atoms with E-state index in [1.54, 1.807) is 23.5 Å². The lowest BCUT2D eigenvalue weighted by atomic mass is 10.1. The molecule has 0 bridgehead atoms. The van der Waals surface area contributed by atoms with Crippen LogP contribution in [0.2, 0.25) is 0 Å². The summed E-state index contributed by atoms with van der Waals surface area (Å²) in [6.07, 6.45) is 0.466. The average Bonchev–Trinajstić information content (AvgIpc) is 3.12. The third kappa shape index (κ3) is 4.56. The van der Waals surface area contributed by atoms with Gasteiger partial charge in [0.25, 0.3) is 9.05 Å². The number of Topliss-reactive ketones (excluding diaryl/α,β-unsaturated/α-hetero) is 1. The van der Waals surface area contributed by atoms with Gasteiger partial charge >= 0.3 is 0 Å². The van der Waals surface area contributed by atoms with E-state index in [9.17, 15) is 13.2 Å². The van der Waals surface area contributed by atoms with E-state index in [1.807, 2.05) is 19.2 Å². The maximum atomic E-state index is 12.3. The van der Waals surface area contributed by atoms with Gasteiger partial charge in [-0.3, -0.25) is 4.79 Å². The molecule has 0 atom stereocenters. The molecule has 0 saturated carbocycles. The molecule has 3 aromatic rings. The Morgan fingerprint density at radius 1 is 1.12 bits per heavy atom. The Balaban J connectivity index is 1.66. The van der Waals surface area contributed by atoms with Crippen LogP contribution in [0.25, 0.3) is 10.6 Å². The second-order valence-electron chi connectivity index (χ2n) is 5.75. The van der Waals surface area contributed by atoms with Crippen molar-refractivity contribution < 1.29 is 13.2 Å². The number of aryl methyl sites for hydroxylation is 2. The van der Waals surface area contributed by atoms with Gasteiger partial charge in [-0.05, 0) is 31.5 Å². The first-order valence-electron chi connectivity index (χ1n) is 7.66. The summed E-state index contributed by atoms with van der Waals surface area (Å²) in [4.78, 5) is 22.3. The molecule has 0 aliphatic rings. The summed E-state index contributed by atoms with van der Waals surface area (Å²) < 4.78 is 22.5. The molecule has 9 heteroatoms. The number of halogens is 1. The second-order valence-corrected chi connectivity index (χ2v) is 10.5. The van der Waals surface area contributed by atoms with Gasteiger partial charge in [0.2, 0.25) is 0 Å². The average molecular weight is 427 g/mol. The molecule has 5 nitrogen and oxygen atoms in total. The quantitative estimate of drug-likeness (QED) is 0.553. The molecule has 0 spiro atoms. The predicted molar refractivity (Wildman–Crippen MR) is 105 cm³/mol. The number of thiazole rings is 2. The van der Waals surface area contributed by atoms with Crippen molar-refractivity contribution in [2.45, 2.75) is 31.6 Å². The minimum absolute atomic E-state index is 0.0181. The van der Waals surface area contributed by atoms with Crippen molar-refractivity contribution in [3.63, 3.8) is 0 Å². The normalized spacial score (nSPS) is 11.7. The van der Waals surface area contributed by atoms with Gasteiger partial charge < -0.3 is 0 Å². The SMILES string of the molecule is Cc1nc(C)c(-c2csc(CC(=O)Cc3ccc(S(=O)(=O)Cl)cc3)n2)s1. The monoisotopic (exact) mass is 426 g/mol. The van der Waals surface area contributed by atoms with Crippen molar-refractivity contribution in [1.82, 2.24) is 9.97 Å². The van der Waals surface area contributed by atoms with Crippen LogP contribution < -0.4 is 0 Å². The van der Waals surface area contributed by atoms with Crippen LogP contribution in [0, 0.1) is 13.8 Å². The van der Waals surface area contributed by atoms with E-state index < -0.39 is 9.05 Å². The smallest absolute Gasteiger partial charge is 0.261 e. The summed E-state index contributed by atoms with van der Waals surface area (Å²) in [5, 5.41) is 3.70. The summed E-state index contributed by atoms with van der Waals surface area (Å²) in [5.74, 6) is 0.0181. The van der Waals surface area contributed by atoms with E-state index in [-0.39, 0.29) is 23.5 Å². The van der Waals surface area contributed by atoms with E-state index in [0.717, 1.165) is 31.8 Å². The Kier molecular flexibility index (Phi) is 5.57. The van der Waals surface area contributed by atoms with Crippen LogP contribution in [0.4, 0.5) is 0 Å². The molecule has 1 aromatic carbocycles. The van der Waals surface area contributed by atoms with Gasteiger partial charge in [0.05, 0.1) is 32.6 Å². The van der Waals surface area contributed by atoms with E-state index in [4.69, 9.17) is 10.7 Å². The Labute approximate surface area is 164 Å². The topological polar surface area (TPSA) is 77.0 Å². The Bertz CT molecular complexity index is 1050. The van der Waals surface area contributed by atoms with E-state index in [2.05, 4.69) is 9.97 Å². The number of rotatable bonds is 6. The number of hydrogen-bond donors (Lipinski definition) is 0. The fourth-order valence-corrected chi connectivity index (χ4v) is 5.03. The van der Waals surface area contributed by atoms with E-state index >= 15 is 0 Å². The molecule has 0 radical (unpaired) electrons. The molecular weight excluding hydrogens is 412 g/mol. The zero-order valence-electron chi connectivity index (χ0n) is 14.0. The first kappa shape index (κ1) is 19.2. The number of nitrogens with zero attached hydrogens (tertiary/aromatic N) is 2. The third-order valence-corrected chi connectivity index (χ3v) is 6.96. The highest BCUT2D eigenvalue weighted by molar-refractivity contribution is 8.13. The van der Waals surface area contributed by atoms with Gasteiger partial charge in [-0.2, -0.15) is 0 Å². The zero-order chi connectivity index (χ0) is 18.9. The molecule has 26 heavy (non-hydrogen) atoms. The van der Waals surface area contributed by atoms with Gasteiger partial charge in [-0.25, -0.2) is 18.4 Å². The van der Waals surface area contributed by atoms with Gasteiger partial charge in [0, 0.05) is 22.5 Å². The van der Waals surface area contributed by atoms with Gasteiger partial charge in [0.15, 0.2) is 0 Å². The number of ketones is 1. The number of aromatic nitrogens is 2. The minimum Gasteiger partial charge on any atom is -0.299 e. The molecule has 0 N–H and O–H groups in total. The molecular formula is C17H15ClN2O3S3. The van der Waals surface area contributed by atoms with Crippen LogP contribution in [-0.4, -0.2) is 24.2 Å². The third-order valence-electron chi connectivity index (χ3n) is 3.64. The maximum absolute atomic E-state index is 12.3. The first-order valence-corrected chi connectivity index (χ1v) is 11.7. The molecule has 0 fully saturated rings. The Morgan fingerprint density at radius 2 is 1.81 bits per heavy atom. The summed E-state index contributed by atoms with van der Waals surface area (Å²) in [5.41, 5.74) is 2.55. The molecule has 2 aromatic heterocycles. The lowest BCUT2D eigenvalue weighted by Gasteiger charge is -2.01. The van der Waals surface area contributed by atoms with Crippen LogP contribution in [-0.2, 0) is 26.7 Å². The van der Waals surface area contributed by atoms with E-state index in [0.29, 0.717) is 0 Å². The molecule has 136 valence electrons. The second kappa shape index (κ2) is 7.56. The van der Waals surface area contributed by atoms with Crippen molar-refractivity contribution >= 4 is 48.2 Å². The van der Waals surface area contributed by atoms with E-state index in [1.165, 1.54) is 23.5 Å². The summed E-state index contributed by atoms with van der Waals surface area (Å²) >= 11 is 3.05. The molecule has 0 unspecified atom stereocenters. The first-order chi connectivity index (χ1) is 12.2. The molecule has 2 heterocycles. The van der Waals surface area contributed by atoms with Crippen LogP contribution in [0.5, 0.6) is 0 Å². The van der Waals surface area contributed by atoms with Crippen molar-refractivity contribution in [1.29, 1.82) is 0 Å². The van der Waals surface area contributed by atoms with Gasteiger partial charge in [-0.15, -0.1) is 22.7 Å². The summed E-state index contributed by atoms with van der Waals surface area (Å²) in [6, 6.07) is 6.01. The molecule has 3 rings (SSSR count). The minimum atomic E-state index is -3.75. The van der Waals surface area contributed by atoms with Crippen molar-refractivity contribution in [3.8, 4) is 10.6 Å². The van der Waals surface area contributed by atoms with Crippen molar-refractivity contribution in [2.75, 3.05) is 0 Å². The highest BCUT2D eigenvalue weighted by Crippen LogP contribution is 2.30. The number of carbonyl (C=O) groups excluding carboxylic acids is 1. The standard InChI is InChI=1S/C17H15ClN2O3S3/c1-10-17(25-11(2)19-10)15-9-24-16(20-15)8-13(21)7-12-3-5-14(6-4-12)26(18,22)23/h3-6,9H,7-8H2,1-2H3. The summed E-state index contributed by atoms with van der Waals surface area (Å²) in [6.45, 7) is 3.91. The highest BCUT2D eigenvalue weighted by Gasteiger charge is 2.14. The van der Waals surface area contributed by atoms with Crippen molar-refractivity contribution in [3.05, 3.63) is 50.9 Å². The molecule has 0 aliphatic heterocycles. The maximum Gasteiger partial charge on any atom is 0.261 e. The van der Waals surface area contributed by atoms with Crippen LogP contribution in [0.15, 0.2) is 34.5 Å². The molecule has 0 saturated heterocycles. The van der Waals surface area contributed by atoms with Gasteiger partial charge in [0.1, 0.15) is 10.8 Å². The molecule has 0 aliphatic carbocycles. The lowest BCUT2D eigenvalue weighted by Crippen LogP contribution is -2.06. The fourth-order valence-electron chi connectivity index (χ4n) is 2.49. The van der Waals surface area contributed by atoms with Gasteiger partial charge in [-0.1, -0.05) is 12.1 Å². The Hall–Kier alpha value is -1.61. The zero-order valence-corrected chi connectivity index (χ0v) is 17.2. The fraction of sp³-hybridized carbons (Fsp3) is 0.235. The predicted octanol–water partition coefficient (Wildman–Crippen LogP) is 4.17. The van der Waals surface area contributed by atoms with Crippen LogP contribution >= 0.6 is 33.4 Å². The largest absolute Gasteiger partial charge is 0.299 e.